The van der Waals surface area contributed by atoms with Crippen molar-refractivity contribution in [1.29, 1.82) is 0 Å². The van der Waals surface area contributed by atoms with Crippen LogP contribution in [0.5, 0.6) is 5.75 Å². The summed E-state index contributed by atoms with van der Waals surface area (Å²) in [6, 6.07) is 13.6. The van der Waals surface area contributed by atoms with E-state index in [-0.39, 0.29) is 17.8 Å². The molecule has 0 unspecified atom stereocenters. The molecular weight excluding hydrogens is 383 g/mol. The van der Waals surface area contributed by atoms with Gasteiger partial charge in [0.25, 0.3) is 0 Å². The molecule has 0 N–H and O–H groups in total. The van der Waals surface area contributed by atoms with Crippen LogP contribution in [0.2, 0.25) is 10.0 Å². The molecule has 0 amide bonds. The monoisotopic (exact) mass is 406 g/mol. The van der Waals surface area contributed by atoms with Crippen LogP contribution < -0.4 is 4.74 Å². The van der Waals surface area contributed by atoms with Gasteiger partial charge in [-0.3, -0.25) is 4.79 Å². The maximum Gasteiger partial charge on any atom is 0.309 e. The van der Waals surface area contributed by atoms with Gasteiger partial charge in [-0.15, -0.1) is 0 Å². The van der Waals surface area contributed by atoms with Gasteiger partial charge >= 0.3 is 5.97 Å². The third-order valence-corrected chi connectivity index (χ3v) is 5.70. The lowest BCUT2D eigenvalue weighted by atomic mass is 9.85. The summed E-state index contributed by atoms with van der Waals surface area (Å²) in [5, 5.41) is 1.02. The van der Waals surface area contributed by atoms with Gasteiger partial charge in [0.05, 0.1) is 29.2 Å². The maximum atomic E-state index is 12.3. The molecule has 1 aliphatic rings. The Kier molecular flexibility index (Phi) is 7.03. The number of esters is 1. The molecule has 2 aromatic carbocycles. The Morgan fingerprint density at radius 1 is 1.11 bits per heavy atom. The average molecular weight is 407 g/mol. The first-order valence-electron chi connectivity index (χ1n) is 9.39. The van der Waals surface area contributed by atoms with E-state index in [4.69, 9.17) is 32.7 Å². The highest BCUT2D eigenvalue weighted by molar-refractivity contribution is 6.42. The van der Waals surface area contributed by atoms with Crippen LogP contribution in [0.25, 0.3) is 0 Å². The summed E-state index contributed by atoms with van der Waals surface area (Å²) >= 11 is 12.1. The molecule has 27 heavy (non-hydrogen) atoms. The summed E-state index contributed by atoms with van der Waals surface area (Å²) in [7, 11) is 0. The number of rotatable bonds is 8. The first-order valence-corrected chi connectivity index (χ1v) is 10.1. The maximum absolute atomic E-state index is 12.3. The molecule has 0 aromatic heterocycles. The summed E-state index contributed by atoms with van der Waals surface area (Å²) in [5.41, 5.74) is 2.11. The first kappa shape index (κ1) is 20.0. The van der Waals surface area contributed by atoms with E-state index in [0.717, 1.165) is 36.1 Å². The van der Waals surface area contributed by atoms with E-state index >= 15 is 0 Å². The first-order chi connectivity index (χ1) is 13.1. The van der Waals surface area contributed by atoms with Crippen molar-refractivity contribution >= 4 is 29.2 Å². The Labute approximate surface area is 170 Å². The van der Waals surface area contributed by atoms with Gasteiger partial charge in [-0.05, 0) is 48.6 Å². The number of carbonyl (C=O) groups excluding carboxylic acids is 1. The second-order valence-corrected chi connectivity index (χ2v) is 7.78. The van der Waals surface area contributed by atoms with Gasteiger partial charge in [0.15, 0.2) is 0 Å². The molecule has 3 rings (SSSR count). The minimum Gasteiger partial charge on any atom is -0.493 e. The van der Waals surface area contributed by atoms with Gasteiger partial charge in [0.2, 0.25) is 0 Å². The zero-order valence-corrected chi connectivity index (χ0v) is 16.9. The van der Waals surface area contributed by atoms with Crippen molar-refractivity contribution in [2.75, 3.05) is 13.2 Å². The molecular formula is C22H24Cl2O3. The number of para-hydroxylation sites is 1. The molecule has 5 heteroatoms. The third kappa shape index (κ3) is 5.18. The minimum absolute atomic E-state index is 0.114. The average Bonchev–Trinajstić information content (AvgIpc) is 3.00. The third-order valence-electron chi connectivity index (χ3n) is 4.96. The molecule has 0 aliphatic carbocycles. The quantitative estimate of drug-likeness (QED) is 0.413. The predicted octanol–water partition coefficient (Wildman–Crippen LogP) is 5.75. The molecule has 1 aliphatic heterocycles. The Balaban J connectivity index is 1.72. The van der Waals surface area contributed by atoms with Gasteiger partial charge in [0, 0.05) is 5.92 Å². The second kappa shape index (κ2) is 9.48. The summed E-state index contributed by atoms with van der Waals surface area (Å²) < 4.78 is 11.3. The SMILES string of the molecule is CCCCOc1ccccc1C[C@H]1COC(=O)[C@@H]1Cc1ccc(Cl)c(Cl)c1. The highest BCUT2D eigenvalue weighted by atomic mass is 35.5. The molecule has 3 nitrogen and oxygen atoms in total. The van der Waals surface area contributed by atoms with Crippen LogP contribution >= 0.6 is 23.2 Å². The lowest BCUT2D eigenvalue weighted by molar-refractivity contribution is -0.141. The number of hydrogen-bond acceptors (Lipinski definition) is 3. The van der Waals surface area contributed by atoms with Crippen LogP contribution in [0.1, 0.15) is 30.9 Å². The lowest BCUT2D eigenvalue weighted by Gasteiger charge is -2.18. The van der Waals surface area contributed by atoms with E-state index in [2.05, 4.69) is 13.0 Å². The summed E-state index contributed by atoms with van der Waals surface area (Å²) in [6.07, 6.45) is 3.47. The van der Waals surface area contributed by atoms with Gasteiger partial charge in [0.1, 0.15) is 5.75 Å². The van der Waals surface area contributed by atoms with Crippen molar-refractivity contribution in [3.63, 3.8) is 0 Å². The molecule has 2 aromatic rings. The van der Waals surface area contributed by atoms with Gasteiger partial charge in [-0.2, -0.15) is 0 Å². The predicted molar refractivity (Wildman–Crippen MR) is 109 cm³/mol. The fraction of sp³-hybridized carbons (Fsp3) is 0.409. The second-order valence-electron chi connectivity index (χ2n) is 6.96. The Morgan fingerprint density at radius 2 is 1.93 bits per heavy atom. The number of carbonyl (C=O) groups is 1. The molecule has 0 bridgehead atoms. The van der Waals surface area contributed by atoms with E-state index in [1.807, 2.05) is 30.3 Å². The van der Waals surface area contributed by atoms with Crippen molar-refractivity contribution in [1.82, 2.24) is 0 Å². The molecule has 144 valence electrons. The van der Waals surface area contributed by atoms with Gasteiger partial charge in [-0.1, -0.05) is 60.8 Å². The summed E-state index contributed by atoms with van der Waals surface area (Å²) in [5.74, 6) is 0.683. The number of cyclic esters (lactones) is 1. The summed E-state index contributed by atoms with van der Waals surface area (Å²) in [4.78, 5) is 12.3. The fourth-order valence-electron chi connectivity index (χ4n) is 3.40. The highest BCUT2D eigenvalue weighted by Gasteiger charge is 2.37. The Hall–Kier alpha value is -1.71. The normalized spacial score (nSPS) is 19.1. The van der Waals surface area contributed by atoms with Crippen molar-refractivity contribution in [3.05, 3.63) is 63.6 Å². The molecule has 0 radical (unpaired) electrons. The van der Waals surface area contributed by atoms with E-state index in [1.54, 1.807) is 6.07 Å². The molecule has 0 saturated carbocycles. The van der Waals surface area contributed by atoms with Crippen molar-refractivity contribution in [2.24, 2.45) is 11.8 Å². The number of hydrogen-bond donors (Lipinski definition) is 0. The van der Waals surface area contributed by atoms with E-state index in [9.17, 15) is 4.79 Å². The van der Waals surface area contributed by atoms with E-state index < -0.39 is 0 Å². The van der Waals surface area contributed by atoms with Crippen molar-refractivity contribution in [3.8, 4) is 5.75 Å². The lowest BCUT2D eigenvalue weighted by Crippen LogP contribution is -2.21. The van der Waals surface area contributed by atoms with Gasteiger partial charge < -0.3 is 9.47 Å². The van der Waals surface area contributed by atoms with Crippen molar-refractivity contribution in [2.45, 2.75) is 32.6 Å². The minimum atomic E-state index is -0.189. The molecule has 1 fully saturated rings. The topological polar surface area (TPSA) is 35.5 Å². The standard InChI is InChI=1S/C22H24Cl2O3/c1-2-3-10-26-21-7-5-4-6-16(21)13-17-14-27-22(25)18(17)11-15-8-9-19(23)20(24)12-15/h4-9,12,17-18H,2-3,10-11,13-14H2,1H3/t17-,18+/m0/s1. The van der Waals surface area contributed by atoms with Crippen LogP contribution in [0.4, 0.5) is 0 Å². The van der Waals surface area contributed by atoms with Gasteiger partial charge in [-0.25, -0.2) is 0 Å². The largest absolute Gasteiger partial charge is 0.493 e. The fourth-order valence-corrected chi connectivity index (χ4v) is 3.72. The zero-order valence-electron chi connectivity index (χ0n) is 15.4. The molecule has 1 heterocycles. The number of unbranched alkanes of at least 4 members (excludes halogenated alkanes) is 1. The number of ether oxygens (including phenoxy) is 2. The number of halogens is 2. The summed E-state index contributed by atoms with van der Waals surface area (Å²) in [6.45, 7) is 3.29. The van der Waals surface area contributed by atoms with E-state index in [0.29, 0.717) is 29.7 Å². The van der Waals surface area contributed by atoms with Crippen LogP contribution in [0.3, 0.4) is 0 Å². The highest BCUT2D eigenvalue weighted by Crippen LogP contribution is 2.33. The Morgan fingerprint density at radius 3 is 2.70 bits per heavy atom. The molecule has 0 spiro atoms. The van der Waals surface area contributed by atoms with Crippen LogP contribution in [-0.2, 0) is 22.4 Å². The molecule has 1 saturated heterocycles. The van der Waals surface area contributed by atoms with Crippen LogP contribution in [-0.4, -0.2) is 19.2 Å². The number of benzene rings is 2. The zero-order chi connectivity index (χ0) is 19.2. The van der Waals surface area contributed by atoms with Crippen molar-refractivity contribution < 1.29 is 14.3 Å². The smallest absolute Gasteiger partial charge is 0.309 e. The van der Waals surface area contributed by atoms with E-state index in [1.165, 1.54) is 0 Å². The van der Waals surface area contributed by atoms with Crippen LogP contribution in [0, 0.1) is 11.8 Å². The van der Waals surface area contributed by atoms with Crippen LogP contribution in [0.15, 0.2) is 42.5 Å². The molecule has 2 atom stereocenters. The Bertz CT molecular complexity index is 791.